The molecular formula is C17H27N3O3S. The summed E-state index contributed by atoms with van der Waals surface area (Å²) in [6.07, 6.45) is 5.86. The predicted molar refractivity (Wildman–Crippen MR) is 94.2 cm³/mol. The molecule has 7 heteroatoms. The van der Waals surface area contributed by atoms with Crippen molar-refractivity contribution in [1.82, 2.24) is 14.9 Å². The summed E-state index contributed by atoms with van der Waals surface area (Å²) in [5.74, 6) is 0.0743. The summed E-state index contributed by atoms with van der Waals surface area (Å²) in [4.78, 5) is 27.6. The average Bonchev–Trinajstić information content (AvgIpc) is 3.18. The van der Waals surface area contributed by atoms with Crippen molar-refractivity contribution in [2.24, 2.45) is 0 Å². The molecule has 1 heterocycles. The molecule has 1 aromatic heterocycles. The van der Waals surface area contributed by atoms with Crippen molar-refractivity contribution in [2.75, 3.05) is 19.4 Å². The minimum atomic E-state index is -0.247. The Kier molecular flexibility index (Phi) is 7.15. The van der Waals surface area contributed by atoms with Crippen LogP contribution in [0.3, 0.4) is 0 Å². The van der Waals surface area contributed by atoms with E-state index in [4.69, 9.17) is 0 Å². The first-order chi connectivity index (χ1) is 11.5. The average molecular weight is 353 g/mol. The topological polar surface area (TPSA) is 73.2 Å². The van der Waals surface area contributed by atoms with E-state index in [9.17, 15) is 9.59 Å². The fourth-order valence-corrected chi connectivity index (χ4v) is 4.02. The molecule has 1 aliphatic carbocycles. The number of carbonyl (C=O) groups excluding carboxylic acids is 2. The van der Waals surface area contributed by atoms with E-state index in [0.717, 1.165) is 10.9 Å². The minimum absolute atomic E-state index is 0.0267. The summed E-state index contributed by atoms with van der Waals surface area (Å²) in [6, 6.07) is 0.525. The molecule has 0 aliphatic heterocycles. The van der Waals surface area contributed by atoms with Crippen LogP contribution in [-0.2, 0) is 14.3 Å². The summed E-state index contributed by atoms with van der Waals surface area (Å²) in [6.45, 7) is 4.62. The fourth-order valence-electron chi connectivity index (χ4n) is 3.03. The second-order valence-electron chi connectivity index (χ2n) is 6.19. The standard InChI is InChI=1S/C17H27N3O3S/c1-12-13(2)20(14-7-4-5-8-14)17(19-12)24-11-15(21)18-10-6-9-16(22)23-3/h14H,4-11H2,1-3H3,(H,18,21). The Morgan fingerprint density at radius 1 is 1.33 bits per heavy atom. The van der Waals surface area contributed by atoms with Crippen LogP contribution in [0.4, 0.5) is 0 Å². The monoisotopic (exact) mass is 353 g/mol. The molecule has 1 saturated carbocycles. The second kappa shape index (κ2) is 9.11. The SMILES string of the molecule is COC(=O)CCCNC(=O)CSc1nc(C)c(C)n1C1CCCC1. The predicted octanol–water partition coefficient (Wildman–Crippen LogP) is 2.78. The first kappa shape index (κ1) is 18.8. The molecule has 6 nitrogen and oxygen atoms in total. The van der Waals surface area contributed by atoms with Crippen LogP contribution in [0.25, 0.3) is 0 Å². The van der Waals surface area contributed by atoms with Gasteiger partial charge in [0.05, 0.1) is 18.6 Å². The van der Waals surface area contributed by atoms with E-state index >= 15 is 0 Å². The molecule has 0 aromatic carbocycles. The number of rotatable bonds is 8. The van der Waals surface area contributed by atoms with Crippen molar-refractivity contribution in [3.63, 3.8) is 0 Å². The molecular weight excluding hydrogens is 326 g/mol. The third-order valence-corrected chi connectivity index (χ3v) is 5.44. The first-order valence-electron chi connectivity index (χ1n) is 8.54. The number of esters is 1. The molecule has 0 unspecified atom stereocenters. The van der Waals surface area contributed by atoms with Gasteiger partial charge in [0, 0.05) is 24.7 Å². The summed E-state index contributed by atoms with van der Waals surface area (Å²) in [5.41, 5.74) is 2.26. The second-order valence-corrected chi connectivity index (χ2v) is 7.13. The largest absolute Gasteiger partial charge is 0.469 e. The lowest BCUT2D eigenvalue weighted by atomic mass is 10.2. The Balaban J connectivity index is 1.82. The van der Waals surface area contributed by atoms with Crippen molar-refractivity contribution < 1.29 is 14.3 Å². The van der Waals surface area contributed by atoms with Crippen LogP contribution in [0.15, 0.2) is 5.16 Å². The van der Waals surface area contributed by atoms with Gasteiger partial charge in [0.15, 0.2) is 5.16 Å². The zero-order valence-corrected chi connectivity index (χ0v) is 15.6. The quantitative estimate of drug-likeness (QED) is 0.442. The maximum Gasteiger partial charge on any atom is 0.305 e. The van der Waals surface area contributed by atoms with E-state index < -0.39 is 0 Å². The van der Waals surface area contributed by atoms with Crippen LogP contribution in [0.2, 0.25) is 0 Å². The van der Waals surface area contributed by atoms with Gasteiger partial charge in [-0.2, -0.15) is 0 Å². The molecule has 1 fully saturated rings. The van der Waals surface area contributed by atoms with Gasteiger partial charge >= 0.3 is 5.97 Å². The summed E-state index contributed by atoms with van der Waals surface area (Å²) < 4.78 is 6.89. The van der Waals surface area contributed by atoms with Gasteiger partial charge in [0.2, 0.25) is 5.91 Å². The van der Waals surface area contributed by atoms with Crippen LogP contribution in [-0.4, -0.2) is 40.8 Å². The summed E-state index contributed by atoms with van der Waals surface area (Å²) in [5, 5.41) is 3.78. The Morgan fingerprint density at radius 3 is 2.71 bits per heavy atom. The zero-order valence-electron chi connectivity index (χ0n) is 14.8. The number of aromatic nitrogens is 2. The molecule has 0 atom stereocenters. The summed E-state index contributed by atoms with van der Waals surface area (Å²) in [7, 11) is 1.37. The van der Waals surface area contributed by atoms with E-state index in [-0.39, 0.29) is 11.9 Å². The first-order valence-corrected chi connectivity index (χ1v) is 9.53. The van der Waals surface area contributed by atoms with Gasteiger partial charge in [-0.15, -0.1) is 0 Å². The van der Waals surface area contributed by atoms with Crippen LogP contribution >= 0.6 is 11.8 Å². The lowest BCUT2D eigenvalue weighted by Crippen LogP contribution is -2.26. The van der Waals surface area contributed by atoms with Gasteiger partial charge in [-0.3, -0.25) is 9.59 Å². The van der Waals surface area contributed by atoms with E-state index in [1.165, 1.54) is 50.2 Å². The third-order valence-electron chi connectivity index (χ3n) is 4.48. The fraction of sp³-hybridized carbons (Fsp3) is 0.706. The number of imidazole rings is 1. The Morgan fingerprint density at radius 2 is 2.04 bits per heavy atom. The molecule has 1 aliphatic rings. The van der Waals surface area contributed by atoms with Gasteiger partial charge < -0.3 is 14.6 Å². The van der Waals surface area contributed by atoms with Crippen molar-refractivity contribution in [1.29, 1.82) is 0 Å². The summed E-state index contributed by atoms with van der Waals surface area (Å²) >= 11 is 1.49. The number of ether oxygens (including phenoxy) is 1. The van der Waals surface area contributed by atoms with Crippen molar-refractivity contribution >= 4 is 23.6 Å². The van der Waals surface area contributed by atoms with Gasteiger partial charge in [0.1, 0.15) is 0 Å². The number of aryl methyl sites for hydroxylation is 1. The Hall–Kier alpha value is -1.50. The zero-order chi connectivity index (χ0) is 17.5. The van der Waals surface area contributed by atoms with Crippen LogP contribution < -0.4 is 5.32 Å². The maximum atomic E-state index is 12.0. The minimum Gasteiger partial charge on any atom is -0.469 e. The molecule has 0 bridgehead atoms. The van der Waals surface area contributed by atoms with Crippen LogP contribution in [0, 0.1) is 13.8 Å². The highest BCUT2D eigenvalue weighted by molar-refractivity contribution is 7.99. The molecule has 0 saturated heterocycles. The van der Waals surface area contributed by atoms with Crippen LogP contribution in [0.5, 0.6) is 0 Å². The molecule has 0 radical (unpaired) electrons. The van der Waals surface area contributed by atoms with Gasteiger partial charge in [-0.1, -0.05) is 24.6 Å². The number of nitrogens with zero attached hydrogens (tertiary/aromatic N) is 2. The number of thioether (sulfide) groups is 1. The normalized spacial score (nSPS) is 14.8. The third kappa shape index (κ3) is 5.00. The molecule has 1 amide bonds. The van der Waals surface area contributed by atoms with Crippen molar-refractivity contribution in [2.45, 2.75) is 63.6 Å². The van der Waals surface area contributed by atoms with E-state index in [1.54, 1.807) is 0 Å². The van der Waals surface area contributed by atoms with Crippen molar-refractivity contribution in [3.05, 3.63) is 11.4 Å². The molecule has 24 heavy (non-hydrogen) atoms. The van der Waals surface area contributed by atoms with Gasteiger partial charge in [-0.05, 0) is 33.1 Å². The lowest BCUT2D eigenvalue weighted by molar-refractivity contribution is -0.140. The Bertz CT molecular complexity index is 580. The highest BCUT2D eigenvalue weighted by Gasteiger charge is 2.23. The van der Waals surface area contributed by atoms with Gasteiger partial charge in [-0.25, -0.2) is 4.98 Å². The number of amides is 1. The highest BCUT2D eigenvalue weighted by Crippen LogP contribution is 2.35. The smallest absolute Gasteiger partial charge is 0.305 e. The number of methoxy groups -OCH3 is 1. The maximum absolute atomic E-state index is 12.0. The van der Waals surface area contributed by atoms with E-state index in [0.29, 0.717) is 31.2 Å². The number of hydrogen-bond acceptors (Lipinski definition) is 5. The molecule has 0 spiro atoms. The highest BCUT2D eigenvalue weighted by atomic mass is 32.2. The van der Waals surface area contributed by atoms with Crippen LogP contribution in [0.1, 0.15) is 56.0 Å². The molecule has 2 rings (SSSR count). The molecule has 134 valence electrons. The van der Waals surface area contributed by atoms with E-state index in [2.05, 4.69) is 26.5 Å². The molecule has 1 N–H and O–H groups in total. The van der Waals surface area contributed by atoms with Gasteiger partial charge in [0.25, 0.3) is 0 Å². The number of carbonyl (C=O) groups is 2. The number of nitrogens with one attached hydrogen (secondary N) is 1. The lowest BCUT2D eigenvalue weighted by Gasteiger charge is -2.16. The Labute approximate surface area is 147 Å². The number of hydrogen-bond donors (Lipinski definition) is 1. The van der Waals surface area contributed by atoms with E-state index in [1.807, 2.05) is 6.92 Å². The molecule has 1 aromatic rings. The van der Waals surface area contributed by atoms with Crippen molar-refractivity contribution in [3.8, 4) is 0 Å².